The van der Waals surface area contributed by atoms with E-state index in [0.29, 0.717) is 10.6 Å². The van der Waals surface area contributed by atoms with Gasteiger partial charge in [0.05, 0.1) is 11.5 Å². The summed E-state index contributed by atoms with van der Waals surface area (Å²) in [6.45, 7) is 1.79. The zero-order valence-electron chi connectivity index (χ0n) is 11.8. The molecule has 0 fully saturated rings. The second-order valence-electron chi connectivity index (χ2n) is 4.50. The zero-order chi connectivity index (χ0) is 15.9. The first kappa shape index (κ1) is 16.5. The second kappa shape index (κ2) is 7.96. The molecule has 0 saturated heterocycles. The molecule has 0 spiro atoms. The molecule has 0 aliphatic carbocycles. The lowest BCUT2D eigenvalue weighted by molar-refractivity contribution is -0.120. The number of hydrazone groups is 1. The van der Waals surface area contributed by atoms with E-state index in [2.05, 4.69) is 10.5 Å². The Hall–Kier alpha value is -1.85. The third-order valence-corrected chi connectivity index (χ3v) is 4.12. The minimum absolute atomic E-state index is 0.210. The van der Waals surface area contributed by atoms with E-state index in [1.54, 1.807) is 31.2 Å². The molecule has 0 bridgehead atoms. The highest BCUT2D eigenvalue weighted by Gasteiger charge is 2.13. The van der Waals surface area contributed by atoms with Gasteiger partial charge in [0.25, 0.3) is 5.91 Å². The highest BCUT2D eigenvalue weighted by atomic mass is 35.5. The summed E-state index contributed by atoms with van der Waals surface area (Å²) in [4.78, 5) is 12.9. The van der Waals surface area contributed by atoms with Gasteiger partial charge < -0.3 is 0 Å². The molecule has 0 aromatic heterocycles. The molecule has 1 N–H and O–H groups in total. The van der Waals surface area contributed by atoms with Gasteiger partial charge in [-0.25, -0.2) is 9.82 Å². The number of hydrogen-bond acceptors (Lipinski definition) is 3. The van der Waals surface area contributed by atoms with Gasteiger partial charge in [-0.2, -0.15) is 5.10 Å². The summed E-state index contributed by atoms with van der Waals surface area (Å²) in [5, 5.41) is 4.22. The van der Waals surface area contributed by atoms with Crippen LogP contribution in [0.4, 0.5) is 4.39 Å². The van der Waals surface area contributed by atoms with E-state index in [-0.39, 0.29) is 17.0 Å². The number of amides is 1. The van der Waals surface area contributed by atoms with Crippen molar-refractivity contribution in [3.05, 3.63) is 64.9 Å². The van der Waals surface area contributed by atoms with Crippen molar-refractivity contribution >= 4 is 35.5 Å². The molecule has 0 unspecified atom stereocenters. The third kappa shape index (κ3) is 5.16. The highest BCUT2D eigenvalue weighted by Crippen LogP contribution is 2.24. The van der Waals surface area contributed by atoms with Crippen LogP contribution in [0.25, 0.3) is 0 Å². The van der Waals surface area contributed by atoms with Gasteiger partial charge in [-0.05, 0) is 48.9 Å². The molecule has 1 atom stereocenters. The summed E-state index contributed by atoms with van der Waals surface area (Å²) in [6.07, 6.45) is 1.47. The number of rotatable bonds is 5. The molecular formula is C16H14ClFN2OS. The van der Waals surface area contributed by atoms with Gasteiger partial charge in [0, 0.05) is 9.92 Å². The van der Waals surface area contributed by atoms with Crippen LogP contribution in [0.1, 0.15) is 12.5 Å². The average molecular weight is 337 g/mol. The lowest BCUT2D eigenvalue weighted by Crippen LogP contribution is -2.26. The Morgan fingerprint density at radius 3 is 2.50 bits per heavy atom. The Balaban J connectivity index is 1.85. The van der Waals surface area contributed by atoms with Crippen LogP contribution in [0.15, 0.2) is 58.5 Å². The number of carbonyl (C=O) groups is 1. The minimum atomic E-state index is -0.311. The normalized spacial score (nSPS) is 12.3. The van der Waals surface area contributed by atoms with E-state index in [9.17, 15) is 9.18 Å². The molecule has 1 amide bonds. The van der Waals surface area contributed by atoms with E-state index in [1.165, 1.54) is 30.1 Å². The van der Waals surface area contributed by atoms with Crippen LogP contribution in [-0.4, -0.2) is 17.4 Å². The van der Waals surface area contributed by atoms with Gasteiger partial charge in [0.15, 0.2) is 0 Å². The molecule has 3 nitrogen and oxygen atoms in total. The lowest BCUT2D eigenvalue weighted by Gasteiger charge is -2.09. The Labute approximate surface area is 137 Å². The van der Waals surface area contributed by atoms with E-state index in [0.717, 1.165) is 4.90 Å². The first-order chi connectivity index (χ1) is 10.5. The number of carbonyl (C=O) groups excluding carboxylic acids is 1. The monoisotopic (exact) mass is 336 g/mol. The molecule has 22 heavy (non-hydrogen) atoms. The predicted molar refractivity (Wildman–Crippen MR) is 88.9 cm³/mol. The van der Waals surface area contributed by atoms with Gasteiger partial charge in [-0.3, -0.25) is 4.79 Å². The predicted octanol–water partition coefficient (Wildman–Crippen LogP) is 4.11. The van der Waals surface area contributed by atoms with Gasteiger partial charge in [0.1, 0.15) is 5.82 Å². The van der Waals surface area contributed by atoms with E-state index >= 15 is 0 Å². The van der Waals surface area contributed by atoms with Crippen LogP contribution in [0.3, 0.4) is 0 Å². The summed E-state index contributed by atoms with van der Waals surface area (Å²) in [5.74, 6) is -0.521. The Morgan fingerprint density at radius 1 is 1.23 bits per heavy atom. The fourth-order valence-corrected chi connectivity index (χ4v) is 2.57. The maximum absolute atomic E-state index is 12.7. The number of hydrogen-bond donors (Lipinski definition) is 1. The van der Waals surface area contributed by atoms with Crippen LogP contribution in [0.5, 0.6) is 0 Å². The third-order valence-electron chi connectivity index (χ3n) is 2.75. The van der Waals surface area contributed by atoms with Crippen molar-refractivity contribution in [2.24, 2.45) is 5.10 Å². The first-order valence-electron chi connectivity index (χ1n) is 6.55. The van der Waals surface area contributed by atoms with Crippen molar-refractivity contribution in [1.82, 2.24) is 5.43 Å². The molecule has 0 aliphatic rings. The quantitative estimate of drug-likeness (QED) is 0.507. The van der Waals surface area contributed by atoms with Crippen LogP contribution in [-0.2, 0) is 4.79 Å². The molecule has 6 heteroatoms. The number of nitrogens with zero attached hydrogens (tertiary/aromatic N) is 1. The van der Waals surface area contributed by atoms with Gasteiger partial charge in [-0.15, -0.1) is 11.8 Å². The van der Waals surface area contributed by atoms with Crippen molar-refractivity contribution < 1.29 is 9.18 Å². The number of halogens is 2. The average Bonchev–Trinajstić information content (AvgIpc) is 2.51. The van der Waals surface area contributed by atoms with Gasteiger partial charge in [-0.1, -0.05) is 23.7 Å². The summed E-state index contributed by atoms with van der Waals surface area (Å²) in [7, 11) is 0. The summed E-state index contributed by atoms with van der Waals surface area (Å²) < 4.78 is 12.7. The first-order valence-corrected chi connectivity index (χ1v) is 7.81. The standard InChI is InChI=1S/C16H14ClFN2OS/c1-11(22-15-8-4-13(17)5-9-15)16(21)20-19-10-12-2-6-14(18)7-3-12/h2-11H,1H3,(H,20,21)/b19-10-/t11-/m0/s1. The van der Waals surface area contributed by atoms with Crippen LogP contribution in [0.2, 0.25) is 5.02 Å². The number of benzene rings is 2. The highest BCUT2D eigenvalue weighted by molar-refractivity contribution is 8.00. The molecule has 0 aliphatic heterocycles. The fourth-order valence-electron chi connectivity index (χ4n) is 1.58. The largest absolute Gasteiger partial charge is 0.272 e. The maximum atomic E-state index is 12.7. The molecule has 2 aromatic carbocycles. The summed E-state index contributed by atoms with van der Waals surface area (Å²) in [5.41, 5.74) is 3.18. The van der Waals surface area contributed by atoms with Crippen molar-refractivity contribution in [2.45, 2.75) is 17.1 Å². The van der Waals surface area contributed by atoms with Crippen LogP contribution < -0.4 is 5.43 Å². The second-order valence-corrected chi connectivity index (χ2v) is 6.35. The minimum Gasteiger partial charge on any atom is -0.272 e. The molecule has 0 radical (unpaired) electrons. The van der Waals surface area contributed by atoms with Crippen molar-refractivity contribution in [3.8, 4) is 0 Å². The van der Waals surface area contributed by atoms with Crippen molar-refractivity contribution in [3.63, 3.8) is 0 Å². The molecule has 114 valence electrons. The molecule has 0 heterocycles. The summed E-state index contributed by atoms with van der Waals surface area (Å²) >= 11 is 7.23. The maximum Gasteiger partial charge on any atom is 0.253 e. The summed E-state index contributed by atoms with van der Waals surface area (Å²) in [6, 6.07) is 13.1. The topological polar surface area (TPSA) is 41.5 Å². The molecule has 2 rings (SSSR count). The SMILES string of the molecule is C[C@H](Sc1ccc(Cl)cc1)C(=O)N/N=C\c1ccc(F)cc1. The van der Waals surface area contributed by atoms with Crippen molar-refractivity contribution in [2.75, 3.05) is 0 Å². The van der Waals surface area contributed by atoms with Crippen LogP contribution in [0, 0.1) is 5.82 Å². The van der Waals surface area contributed by atoms with Crippen molar-refractivity contribution in [1.29, 1.82) is 0 Å². The Bertz CT molecular complexity index is 659. The van der Waals surface area contributed by atoms with E-state index in [1.807, 2.05) is 12.1 Å². The lowest BCUT2D eigenvalue weighted by atomic mass is 10.2. The van der Waals surface area contributed by atoms with Gasteiger partial charge in [0.2, 0.25) is 0 Å². The zero-order valence-corrected chi connectivity index (χ0v) is 13.4. The molecule has 2 aromatic rings. The Kier molecular flexibility index (Phi) is 5.98. The smallest absolute Gasteiger partial charge is 0.253 e. The van der Waals surface area contributed by atoms with Crippen LogP contribution >= 0.6 is 23.4 Å². The van der Waals surface area contributed by atoms with E-state index in [4.69, 9.17) is 11.6 Å². The molecule has 0 saturated carbocycles. The number of thioether (sulfide) groups is 1. The number of nitrogens with one attached hydrogen (secondary N) is 1. The molecular weight excluding hydrogens is 323 g/mol. The van der Waals surface area contributed by atoms with Gasteiger partial charge >= 0.3 is 0 Å². The Morgan fingerprint density at radius 2 is 1.86 bits per heavy atom. The van der Waals surface area contributed by atoms with E-state index < -0.39 is 0 Å². The fraction of sp³-hybridized carbons (Fsp3) is 0.125.